The topological polar surface area (TPSA) is 17.1 Å². The molecule has 1 radical (unpaired) electrons. The second kappa shape index (κ2) is 5.95. The molecule has 0 bridgehead atoms. The van der Waals surface area contributed by atoms with Crippen LogP contribution in [-0.4, -0.2) is 6.29 Å². The van der Waals surface area contributed by atoms with Crippen molar-refractivity contribution in [2.24, 2.45) is 5.41 Å². The van der Waals surface area contributed by atoms with Gasteiger partial charge < -0.3 is 0 Å². The lowest BCUT2D eigenvalue weighted by Gasteiger charge is -2.23. The molecule has 0 saturated carbocycles. The maximum atomic E-state index is 10.3. The fraction of sp³-hybridized carbons (Fsp3) is 0.750. The van der Waals surface area contributed by atoms with Gasteiger partial charge >= 0.3 is 0 Å². The molecule has 1 heteroatoms. The highest BCUT2D eigenvalue weighted by Gasteiger charge is 2.18. The van der Waals surface area contributed by atoms with Gasteiger partial charge in [0.15, 0.2) is 0 Å². The highest BCUT2D eigenvalue weighted by Crippen LogP contribution is 2.30. The van der Waals surface area contributed by atoms with Gasteiger partial charge in [-0.05, 0) is 23.8 Å². The van der Waals surface area contributed by atoms with E-state index in [1.807, 2.05) is 6.29 Å². The summed E-state index contributed by atoms with van der Waals surface area (Å²) in [7, 11) is 0. The van der Waals surface area contributed by atoms with Crippen molar-refractivity contribution in [2.45, 2.75) is 52.9 Å². The Labute approximate surface area is 82.2 Å². The largest absolute Gasteiger partial charge is 0.285 e. The molecule has 0 saturated heterocycles. The zero-order valence-corrected chi connectivity index (χ0v) is 9.15. The zero-order chi connectivity index (χ0) is 10.3. The molecule has 0 aliphatic carbocycles. The van der Waals surface area contributed by atoms with E-state index in [9.17, 15) is 4.79 Å². The number of carbonyl (C=O) groups excluding carboxylic acids is 1. The van der Waals surface area contributed by atoms with Gasteiger partial charge in [0.25, 0.3) is 0 Å². The van der Waals surface area contributed by atoms with Crippen LogP contribution in [0.1, 0.15) is 52.9 Å². The van der Waals surface area contributed by atoms with Crippen LogP contribution >= 0.6 is 0 Å². The lowest BCUT2D eigenvalue weighted by atomic mass is 9.81. The van der Waals surface area contributed by atoms with E-state index < -0.39 is 0 Å². The predicted octanol–water partition coefficient (Wildman–Crippen LogP) is 3.65. The Hall–Kier alpha value is -0.590. The second-order valence-electron chi connectivity index (χ2n) is 4.50. The number of allylic oxidation sites excluding steroid dienone is 1. The minimum atomic E-state index is 0.212. The molecule has 0 aliphatic heterocycles. The van der Waals surface area contributed by atoms with Crippen LogP contribution < -0.4 is 0 Å². The van der Waals surface area contributed by atoms with Crippen LogP contribution in [0, 0.1) is 5.41 Å². The van der Waals surface area contributed by atoms with Crippen LogP contribution in [0.2, 0.25) is 0 Å². The molecule has 1 nitrogen and oxygen atoms in total. The monoisotopic (exact) mass is 181 g/mol. The summed E-state index contributed by atoms with van der Waals surface area (Å²) in [6.07, 6.45) is 7.58. The highest BCUT2D eigenvalue weighted by atomic mass is 16.1. The average Bonchev–Trinajstić information content (AvgIpc) is 2.03. The molecule has 0 unspecified atom stereocenters. The summed E-state index contributed by atoms with van der Waals surface area (Å²) in [5, 5.41) is 0. The summed E-state index contributed by atoms with van der Waals surface area (Å²) in [5.74, 6) is 0. The van der Waals surface area contributed by atoms with E-state index in [1.165, 1.54) is 25.7 Å². The van der Waals surface area contributed by atoms with Gasteiger partial charge in [-0.25, -0.2) is 0 Å². The van der Waals surface area contributed by atoms with E-state index in [-0.39, 0.29) is 5.41 Å². The molecule has 0 aromatic rings. The number of unbranched alkanes of at least 4 members (excludes halogenated alkanes) is 2. The molecule has 0 N–H and O–H groups in total. The van der Waals surface area contributed by atoms with Gasteiger partial charge in [-0.15, -0.1) is 0 Å². The molecule has 0 fully saturated rings. The molecule has 0 spiro atoms. The maximum Gasteiger partial charge on any atom is 0.228 e. The van der Waals surface area contributed by atoms with Crippen LogP contribution in [0.15, 0.2) is 12.2 Å². The number of hydrogen-bond acceptors (Lipinski definition) is 1. The molecule has 0 heterocycles. The van der Waals surface area contributed by atoms with E-state index in [0.29, 0.717) is 5.57 Å². The van der Waals surface area contributed by atoms with E-state index >= 15 is 0 Å². The molecular formula is C12H21O. The van der Waals surface area contributed by atoms with Crippen LogP contribution in [-0.2, 0) is 4.79 Å². The molecule has 13 heavy (non-hydrogen) atoms. The Kier molecular flexibility index (Phi) is 5.68. The third-order valence-corrected chi connectivity index (χ3v) is 2.29. The smallest absolute Gasteiger partial charge is 0.228 e. The van der Waals surface area contributed by atoms with Gasteiger partial charge in [0.2, 0.25) is 6.29 Å². The van der Waals surface area contributed by atoms with Crippen molar-refractivity contribution in [1.29, 1.82) is 0 Å². The first-order valence-corrected chi connectivity index (χ1v) is 5.08. The van der Waals surface area contributed by atoms with Crippen LogP contribution in [0.3, 0.4) is 0 Å². The molecule has 0 aromatic heterocycles. The molecule has 75 valence electrons. The predicted molar refractivity (Wildman–Crippen MR) is 57.4 cm³/mol. The Morgan fingerprint density at radius 1 is 1.38 bits per heavy atom. The summed E-state index contributed by atoms with van der Waals surface area (Å²) < 4.78 is 0. The van der Waals surface area contributed by atoms with Crippen molar-refractivity contribution in [2.75, 3.05) is 0 Å². The van der Waals surface area contributed by atoms with E-state index in [1.54, 1.807) is 0 Å². The quantitative estimate of drug-likeness (QED) is 0.433. The van der Waals surface area contributed by atoms with E-state index in [2.05, 4.69) is 27.4 Å². The van der Waals surface area contributed by atoms with Crippen LogP contribution in [0.5, 0.6) is 0 Å². The van der Waals surface area contributed by atoms with Gasteiger partial charge in [0.05, 0.1) is 0 Å². The summed E-state index contributed by atoms with van der Waals surface area (Å²) in [6.45, 7) is 10.2. The lowest BCUT2D eigenvalue weighted by Crippen LogP contribution is -2.12. The molecule has 0 atom stereocenters. The summed E-state index contributed by atoms with van der Waals surface area (Å²) in [6, 6.07) is 0. The van der Waals surface area contributed by atoms with Gasteiger partial charge in [-0.2, -0.15) is 0 Å². The average molecular weight is 181 g/mol. The van der Waals surface area contributed by atoms with Gasteiger partial charge in [0.1, 0.15) is 0 Å². The fourth-order valence-corrected chi connectivity index (χ4v) is 1.56. The van der Waals surface area contributed by atoms with Crippen molar-refractivity contribution < 1.29 is 4.79 Å². The first-order valence-electron chi connectivity index (χ1n) is 5.08. The molecule has 0 aliphatic rings. The normalized spacial score (nSPS) is 11.3. The van der Waals surface area contributed by atoms with Crippen molar-refractivity contribution >= 4 is 6.29 Å². The second-order valence-corrected chi connectivity index (χ2v) is 4.50. The van der Waals surface area contributed by atoms with Crippen LogP contribution in [0.25, 0.3) is 0 Å². The van der Waals surface area contributed by atoms with Crippen molar-refractivity contribution in [3.05, 3.63) is 12.2 Å². The zero-order valence-electron chi connectivity index (χ0n) is 9.15. The van der Waals surface area contributed by atoms with Crippen LogP contribution in [0.4, 0.5) is 0 Å². The minimum absolute atomic E-state index is 0.212. The Balaban J connectivity index is 3.78. The molecule has 0 rings (SSSR count). The Morgan fingerprint density at radius 3 is 2.46 bits per heavy atom. The Morgan fingerprint density at radius 2 is 2.00 bits per heavy atom. The third kappa shape index (κ3) is 6.56. The summed E-state index contributed by atoms with van der Waals surface area (Å²) in [4.78, 5) is 10.3. The SMILES string of the molecule is C=C([C]=O)CC(C)(C)CCCCC. The Bertz CT molecular complexity index is 168. The minimum Gasteiger partial charge on any atom is -0.285 e. The molecule has 0 amide bonds. The molecular weight excluding hydrogens is 160 g/mol. The van der Waals surface area contributed by atoms with Gasteiger partial charge in [-0.3, -0.25) is 4.79 Å². The summed E-state index contributed by atoms with van der Waals surface area (Å²) >= 11 is 0. The van der Waals surface area contributed by atoms with Crippen molar-refractivity contribution in [1.82, 2.24) is 0 Å². The van der Waals surface area contributed by atoms with Crippen molar-refractivity contribution in [3.63, 3.8) is 0 Å². The fourth-order valence-electron chi connectivity index (χ4n) is 1.56. The van der Waals surface area contributed by atoms with Gasteiger partial charge in [0, 0.05) is 0 Å². The standard InChI is InChI=1S/C12H21O/c1-5-6-7-8-12(3,4)9-11(2)10-13/h2,5-9H2,1,3-4H3. The van der Waals surface area contributed by atoms with Gasteiger partial charge in [-0.1, -0.05) is 46.6 Å². The lowest BCUT2D eigenvalue weighted by molar-refractivity contribution is 0.321. The first kappa shape index (κ1) is 12.4. The number of hydrogen-bond donors (Lipinski definition) is 0. The van der Waals surface area contributed by atoms with E-state index in [4.69, 9.17) is 0 Å². The van der Waals surface area contributed by atoms with Crippen molar-refractivity contribution in [3.8, 4) is 0 Å². The van der Waals surface area contributed by atoms with E-state index in [0.717, 1.165) is 6.42 Å². The highest BCUT2D eigenvalue weighted by molar-refractivity contribution is 5.72. The first-order chi connectivity index (χ1) is 6.02. The summed E-state index contributed by atoms with van der Waals surface area (Å²) in [5.41, 5.74) is 0.811. The number of rotatable bonds is 7. The molecule has 0 aromatic carbocycles. The third-order valence-electron chi connectivity index (χ3n) is 2.29. The maximum absolute atomic E-state index is 10.3.